The number of thioether (sulfide) groups is 1. The van der Waals surface area contributed by atoms with Gasteiger partial charge in [-0.05, 0) is 23.8 Å². The van der Waals surface area contributed by atoms with Crippen LogP contribution < -0.4 is 25.5 Å². The first-order valence-corrected chi connectivity index (χ1v) is 15.6. The molecule has 0 bridgehead atoms. The van der Waals surface area contributed by atoms with Crippen molar-refractivity contribution in [2.75, 3.05) is 12.4 Å². The van der Waals surface area contributed by atoms with Crippen LogP contribution in [0.15, 0.2) is 63.1 Å². The van der Waals surface area contributed by atoms with Gasteiger partial charge >= 0.3 is 23.9 Å². The van der Waals surface area contributed by atoms with E-state index in [1.165, 1.54) is 24.3 Å². The number of nitrogens with one attached hydrogen (secondary N) is 2. The fraction of sp³-hybridized carbons (Fsp3) is 0.250. The number of esters is 3. The molecular formula is C32H27N3O14S. The van der Waals surface area contributed by atoms with Crippen molar-refractivity contribution in [2.45, 2.75) is 38.2 Å². The molecule has 1 aromatic heterocycles. The molecule has 18 heteroatoms. The minimum atomic E-state index is -1.55. The van der Waals surface area contributed by atoms with E-state index in [1.807, 2.05) is 0 Å². The van der Waals surface area contributed by atoms with Gasteiger partial charge in [0.05, 0.1) is 5.39 Å². The van der Waals surface area contributed by atoms with E-state index in [0.717, 1.165) is 55.8 Å². The number of β-lactam (4-membered cyclic amide) rings is 1. The Hall–Kier alpha value is -6.17. The number of phenolic OH excluding ortho intramolecular Hbond substituents is 1. The van der Waals surface area contributed by atoms with Crippen LogP contribution in [0, 0.1) is 0 Å². The molecule has 1 fully saturated rings. The van der Waals surface area contributed by atoms with Gasteiger partial charge in [-0.15, -0.1) is 11.8 Å². The summed E-state index contributed by atoms with van der Waals surface area (Å²) in [7, 11) is 0. The quantitative estimate of drug-likeness (QED) is 0.131. The third-order valence-electron chi connectivity index (χ3n) is 7.35. The van der Waals surface area contributed by atoms with Crippen LogP contribution >= 0.6 is 11.8 Å². The Morgan fingerprint density at radius 3 is 2.22 bits per heavy atom. The standard InChI is InChI=1S/C32H27N3O14S/c1-13(36)46-10-17-12-50-31-25(30(43)35(31)26(17)32(44)45)34-29(42)24(16-4-6-18(39)7-5-16)33-28(41)20-11-47-21-9-23(49-15(3)38)22(48-14(2)37)8-19(21)27(20)40/h4-9,11,24-25,31,39H,10,12H2,1-3H3,(H,33,41)(H,34,42)(H,44,45)/t24?,25-,31+/m1/s1. The number of carbonyl (C=O) groups is 7. The third kappa shape index (κ3) is 7.14. The lowest BCUT2D eigenvalue weighted by molar-refractivity contribution is -0.151. The Morgan fingerprint density at radius 2 is 1.62 bits per heavy atom. The topological polar surface area (TPSA) is 245 Å². The average molecular weight is 710 g/mol. The zero-order chi connectivity index (χ0) is 36.4. The van der Waals surface area contributed by atoms with Crippen molar-refractivity contribution < 1.29 is 62.4 Å². The largest absolute Gasteiger partial charge is 0.508 e. The summed E-state index contributed by atoms with van der Waals surface area (Å²) in [4.78, 5) is 101. The van der Waals surface area contributed by atoms with Crippen LogP contribution in [0.5, 0.6) is 17.2 Å². The number of carboxylic acids is 1. The zero-order valence-electron chi connectivity index (χ0n) is 26.3. The van der Waals surface area contributed by atoms with E-state index in [-0.39, 0.29) is 57.4 Å². The molecule has 4 N–H and O–H groups in total. The molecule has 0 saturated carbocycles. The van der Waals surface area contributed by atoms with Gasteiger partial charge in [-0.1, -0.05) is 12.1 Å². The van der Waals surface area contributed by atoms with Crippen molar-refractivity contribution in [1.29, 1.82) is 0 Å². The number of rotatable bonds is 10. The van der Waals surface area contributed by atoms with Gasteiger partial charge in [0.25, 0.3) is 11.8 Å². The highest BCUT2D eigenvalue weighted by Gasteiger charge is 2.54. The first kappa shape index (κ1) is 35.1. The minimum absolute atomic E-state index is 0.0765. The predicted molar refractivity (Wildman–Crippen MR) is 170 cm³/mol. The SMILES string of the molecule is CC(=O)OCC1=C(C(=O)O)N2C(=O)[C@@H](NC(=O)C(NC(=O)c3coc4cc(OC(C)=O)c(OC(C)=O)cc4c3=O)c3ccc(O)cc3)[C@@H]2SC1. The fourth-order valence-electron chi connectivity index (χ4n) is 5.16. The van der Waals surface area contributed by atoms with E-state index in [1.54, 1.807) is 0 Å². The summed E-state index contributed by atoms with van der Waals surface area (Å²) in [5.41, 5.74) is -1.65. The number of hydrogen-bond donors (Lipinski definition) is 4. The van der Waals surface area contributed by atoms with Gasteiger partial charge in [-0.3, -0.25) is 38.5 Å². The monoisotopic (exact) mass is 709 g/mol. The van der Waals surface area contributed by atoms with E-state index in [2.05, 4.69) is 10.6 Å². The molecule has 0 aliphatic carbocycles. The summed E-state index contributed by atoms with van der Waals surface area (Å²) in [6.07, 6.45) is 0.814. The molecule has 3 aromatic rings. The number of nitrogens with zero attached hydrogens (tertiary/aromatic N) is 1. The third-order valence-corrected chi connectivity index (χ3v) is 8.69. The smallest absolute Gasteiger partial charge is 0.352 e. The van der Waals surface area contributed by atoms with Gasteiger partial charge in [0.1, 0.15) is 52.9 Å². The first-order valence-electron chi connectivity index (χ1n) is 14.6. The van der Waals surface area contributed by atoms with E-state index >= 15 is 0 Å². The molecule has 1 saturated heterocycles. The second-order valence-corrected chi connectivity index (χ2v) is 12.0. The minimum Gasteiger partial charge on any atom is -0.508 e. The van der Waals surface area contributed by atoms with Crippen LogP contribution in [-0.2, 0) is 33.5 Å². The zero-order valence-corrected chi connectivity index (χ0v) is 27.2. The molecule has 3 heterocycles. The number of aliphatic carboxylic acids is 1. The molecular weight excluding hydrogens is 682 g/mol. The molecule has 5 rings (SSSR count). The highest BCUT2D eigenvalue weighted by molar-refractivity contribution is 8.00. The van der Waals surface area contributed by atoms with Gasteiger partial charge in [0.2, 0.25) is 11.3 Å². The van der Waals surface area contributed by atoms with Gasteiger partial charge in [0, 0.05) is 38.2 Å². The van der Waals surface area contributed by atoms with Crippen molar-refractivity contribution in [3.8, 4) is 17.2 Å². The number of carboxylic acid groups (broad SMARTS) is 1. The number of benzene rings is 2. The molecule has 3 atom stereocenters. The highest BCUT2D eigenvalue weighted by Crippen LogP contribution is 2.40. The molecule has 260 valence electrons. The number of aromatic hydroxyl groups is 1. The highest BCUT2D eigenvalue weighted by atomic mass is 32.2. The van der Waals surface area contributed by atoms with Crippen molar-refractivity contribution in [1.82, 2.24) is 15.5 Å². The summed E-state index contributed by atoms with van der Waals surface area (Å²) >= 11 is 1.12. The molecule has 2 aliphatic rings. The maximum Gasteiger partial charge on any atom is 0.352 e. The Bertz CT molecular complexity index is 2050. The molecule has 0 radical (unpaired) electrons. The number of amides is 3. The van der Waals surface area contributed by atoms with Gasteiger partial charge in [-0.25, -0.2) is 4.79 Å². The van der Waals surface area contributed by atoms with E-state index in [9.17, 15) is 48.6 Å². The Kier molecular flexibility index (Phi) is 9.93. The second kappa shape index (κ2) is 14.1. The number of fused-ring (bicyclic) bond motifs is 2. The van der Waals surface area contributed by atoms with Crippen LogP contribution in [0.3, 0.4) is 0 Å². The van der Waals surface area contributed by atoms with Crippen LogP contribution in [0.25, 0.3) is 11.0 Å². The van der Waals surface area contributed by atoms with Crippen LogP contribution in [0.4, 0.5) is 0 Å². The van der Waals surface area contributed by atoms with Crippen molar-refractivity contribution in [3.05, 3.63) is 75.3 Å². The normalized spacial score (nSPS) is 17.2. The number of hydrogen-bond acceptors (Lipinski definition) is 14. The number of phenols is 1. The Labute approximate surface area is 285 Å². The Balaban J connectivity index is 1.42. The molecule has 0 spiro atoms. The average Bonchev–Trinajstić information content (AvgIpc) is 3.05. The van der Waals surface area contributed by atoms with Crippen molar-refractivity contribution in [3.63, 3.8) is 0 Å². The fourth-order valence-corrected chi connectivity index (χ4v) is 6.49. The maximum absolute atomic E-state index is 13.7. The van der Waals surface area contributed by atoms with Crippen LogP contribution in [0.2, 0.25) is 0 Å². The lowest BCUT2D eigenvalue weighted by atomic mass is 10.0. The van der Waals surface area contributed by atoms with Gasteiger partial charge in [-0.2, -0.15) is 0 Å². The molecule has 2 aromatic carbocycles. The number of carbonyl (C=O) groups excluding carboxylic acids is 6. The first-order chi connectivity index (χ1) is 23.7. The predicted octanol–water partition coefficient (Wildman–Crippen LogP) is 1.12. The summed E-state index contributed by atoms with van der Waals surface area (Å²) in [5.74, 6) is -7.00. The second-order valence-electron chi connectivity index (χ2n) is 10.9. The summed E-state index contributed by atoms with van der Waals surface area (Å²) < 4.78 is 20.5. The van der Waals surface area contributed by atoms with Crippen LogP contribution in [0.1, 0.15) is 42.7 Å². The molecule has 1 unspecified atom stereocenters. The molecule has 50 heavy (non-hydrogen) atoms. The molecule has 2 aliphatic heterocycles. The lowest BCUT2D eigenvalue weighted by Gasteiger charge is -2.49. The van der Waals surface area contributed by atoms with Crippen molar-refractivity contribution >= 4 is 64.3 Å². The van der Waals surface area contributed by atoms with Crippen molar-refractivity contribution in [2.24, 2.45) is 0 Å². The maximum atomic E-state index is 13.7. The van der Waals surface area contributed by atoms with E-state index < -0.39 is 70.0 Å². The molecule has 17 nitrogen and oxygen atoms in total. The van der Waals surface area contributed by atoms with Gasteiger partial charge < -0.3 is 39.5 Å². The van der Waals surface area contributed by atoms with Gasteiger partial charge in [0.15, 0.2) is 11.5 Å². The summed E-state index contributed by atoms with van der Waals surface area (Å²) in [5, 5.41) is 23.5. The summed E-state index contributed by atoms with van der Waals surface area (Å²) in [6.45, 7) is 2.99. The van der Waals surface area contributed by atoms with Crippen LogP contribution in [-0.4, -0.2) is 80.5 Å². The lowest BCUT2D eigenvalue weighted by Crippen LogP contribution is -2.71. The summed E-state index contributed by atoms with van der Waals surface area (Å²) in [6, 6.07) is 4.53. The van der Waals surface area contributed by atoms with E-state index in [0.29, 0.717) is 0 Å². The number of ether oxygens (including phenoxy) is 3. The van der Waals surface area contributed by atoms with E-state index in [4.69, 9.17) is 18.6 Å². The Morgan fingerprint density at radius 1 is 0.980 bits per heavy atom. The molecule has 3 amide bonds.